The molecule has 5 N–H and O–H groups in total. The van der Waals surface area contributed by atoms with E-state index in [-0.39, 0.29) is 6.54 Å². The molecule has 0 heterocycles. The molecular formula is C10H16N2O3. The number of nitrogens with two attached hydrogens (primary N) is 1. The van der Waals surface area contributed by atoms with Crippen LogP contribution in [0.3, 0.4) is 0 Å². The van der Waals surface area contributed by atoms with Gasteiger partial charge in [-0.15, -0.1) is 0 Å². The first-order chi connectivity index (χ1) is 7.13. The van der Waals surface area contributed by atoms with Gasteiger partial charge in [-0.25, -0.2) is 0 Å². The number of aliphatic hydroxyl groups excluding tert-OH is 1. The molecule has 0 bridgehead atoms. The molecule has 0 aliphatic heterocycles. The minimum absolute atomic E-state index is 0.0313. The molecular weight excluding hydrogens is 196 g/mol. The highest BCUT2D eigenvalue weighted by Crippen LogP contribution is 2.26. The van der Waals surface area contributed by atoms with Crippen molar-refractivity contribution in [1.29, 1.82) is 0 Å². The van der Waals surface area contributed by atoms with Crippen molar-refractivity contribution >= 4 is 11.4 Å². The number of hydrogen-bond donors (Lipinski definition) is 4. The third-order valence-electron chi connectivity index (χ3n) is 1.78. The Labute approximate surface area is 88.5 Å². The summed E-state index contributed by atoms with van der Waals surface area (Å²) >= 11 is 0. The quantitative estimate of drug-likeness (QED) is 0.419. The molecule has 0 spiro atoms. The van der Waals surface area contributed by atoms with Crippen LogP contribution in [0, 0.1) is 0 Å². The number of nitrogens with one attached hydrogen (secondary N) is 1. The van der Waals surface area contributed by atoms with E-state index in [0.717, 1.165) is 0 Å². The second-order valence-corrected chi connectivity index (χ2v) is 3.05. The van der Waals surface area contributed by atoms with Crippen molar-refractivity contribution in [3.63, 3.8) is 0 Å². The van der Waals surface area contributed by atoms with Crippen molar-refractivity contribution in [3.8, 4) is 5.75 Å². The van der Waals surface area contributed by atoms with Crippen molar-refractivity contribution in [1.82, 2.24) is 0 Å². The zero-order valence-corrected chi connectivity index (χ0v) is 8.60. The van der Waals surface area contributed by atoms with E-state index in [9.17, 15) is 0 Å². The number of hydrogen-bond acceptors (Lipinski definition) is 5. The van der Waals surface area contributed by atoms with Crippen LogP contribution in [0.2, 0.25) is 0 Å². The van der Waals surface area contributed by atoms with Crippen molar-refractivity contribution in [2.24, 2.45) is 0 Å². The van der Waals surface area contributed by atoms with Gasteiger partial charge in [0.25, 0.3) is 0 Å². The summed E-state index contributed by atoms with van der Waals surface area (Å²) in [6.07, 6.45) is -1.40. The standard InChI is InChI=1S/C10H16N2O3/c1-2-15-9-4-3-7(11)5-8(9)12-6-10(13)14/h3-5,10,12-14H,2,6,11H2,1H3. The monoisotopic (exact) mass is 212 g/mol. The third kappa shape index (κ3) is 3.65. The Morgan fingerprint density at radius 2 is 2.20 bits per heavy atom. The molecule has 0 saturated carbocycles. The second-order valence-electron chi connectivity index (χ2n) is 3.05. The lowest BCUT2D eigenvalue weighted by atomic mass is 10.2. The predicted octanol–water partition coefficient (Wildman–Crippen LogP) is 0.390. The number of benzene rings is 1. The van der Waals surface area contributed by atoms with Crippen LogP contribution in [0.1, 0.15) is 6.92 Å². The summed E-state index contributed by atoms with van der Waals surface area (Å²) in [6, 6.07) is 5.16. The van der Waals surface area contributed by atoms with Crippen LogP contribution in [0.15, 0.2) is 18.2 Å². The molecule has 5 heteroatoms. The molecule has 15 heavy (non-hydrogen) atoms. The van der Waals surface area contributed by atoms with Gasteiger partial charge in [0.2, 0.25) is 0 Å². The molecule has 0 aromatic heterocycles. The van der Waals surface area contributed by atoms with Gasteiger partial charge in [0.1, 0.15) is 5.75 Å². The summed E-state index contributed by atoms with van der Waals surface area (Å²) < 4.78 is 5.34. The van der Waals surface area contributed by atoms with Gasteiger partial charge in [0.05, 0.1) is 18.8 Å². The zero-order chi connectivity index (χ0) is 11.3. The van der Waals surface area contributed by atoms with Crippen LogP contribution >= 0.6 is 0 Å². The van der Waals surface area contributed by atoms with Crippen LogP contribution in [0.25, 0.3) is 0 Å². The highest BCUT2D eigenvalue weighted by atomic mass is 16.5. The van der Waals surface area contributed by atoms with E-state index in [1.807, 2.05) is 6.92 Å². The van der Waals surface area contributed by atoms with E-state index in [1.165, 1.54) is 0 Å². The van der Waals surface area contributed by atoms with Crippen molar-refractivity contribution in [2.75, 3.05) is 24.2 Å². The van der Waals surface area contributed by atoms with E-state index in [4.69, 9.17) is 20.7 Å². The molecule has 0 fully saturated rings. The van der Waals surface area contributed by atoms with Crippen LogP contribution in [-0.4, -0.2) is 29.7 Å². The lowest BCUT2D eigenvalue weighted by molar-refractivity contribution is -0.0275. The Kier molecular flexibility index (Phi) is 4.20. The Morgan fingerprint density at radius 1 is 1.47 bits per heavy atom. The summed E-state index contributed by atoms with van der Waals surface area (Å²) in [5.74, 6) is 0.646. The largest absolute Gasteiger partial charge is 0.492 e. The van der Waals surface area contributed by atoms with E-state index in [0.29, 0.717) is 23.7 Å². The maximum atomic E-state index is 8.72. The minimum atomic E-state index is -1.40. The van der Waals surface area contributed by atoms with Gasteiger partial charge >= 0.3 is 0 Å². The van der Waals surface area contributed by atoms with E-state index in [2.05, 4.69) is 5.32 Å². The highest BCUT2D eigenvalue weighted by molar-refractivity contribution is 5.63. The number of nitrogen functional groups attached to an aromatic ring is 1. The summed E-state index contributed by atoms with van der Waals surface area (Å²) in [5, 5.41) is 20.3. The number of rotatable bonds is 5. The first kappa shape index (κ1) is 11.6. The van der Waals surface area contributed by atoms with Crippen LogP contribution < -0.4 is 15.8 Å². The Hall–Kier alpha value is -1.46. The lowest BCUT2D eigenvalue weighted by Gasteiger charge is -2.13. The fourth-order valence-corrected chi connectivity index (χ4v) is 1.17. The zero-order valence-electron chi connectivity index (χ0n) is 8.60. The molecule has 1 aromatic rings. The van der Waals surface area contributed by atoms with Gasteiger partial charge in [0.15, 0.2) is 6.29 Å². The smallest absolute Gasteiger partial charge is 0.169 e. The molecule has 0 atom stereocenters. The third-order valence-corrected chi connectivity index (χ3v) is 1.78. The topological polar surface area (TPSA) is 87.7 Å². The number of aliphatic hydroxyl groups is 2. The molecule has 1 aromatic carbocycles. The first-order valence-corrected chi connectivity index (χ1v) is 4.75. The normalized spacial score (nSPS) is 10.4. The maximum absolute atomic E-state index is 8.72. The predicted molar refractivity (Wildman–Crippen MR) is 58.7 cm³/mol. The highest BCUT2D eigenvalue weighted by Gasteiger charge is 2.05. The SMILES string of the molecule is CCOc1ccc(N)cc1NCC(O)O. The Morgan fingerprint density at radius 3 is 2.80 bits per heavy atom. The Balaban J connectivity index is 2.77. The van der Waals surface area contributed by atoms with Crippen LogP contribution in [-0.2, 0) is 0 Å². The fourth-order valence-electron chi connectivity index (χ4n) is 1.17. The van der Waals surface area contributed by atoms with Gasteiger partial charge in [0, 0.05) is 5.69 Å². The molecule has 0 aliphatic carbocycles. The fraction of sp³-hybridized carbons (Fsp3) is 0.400. The molecule has 0 saturated heterocycles. The minimum Gasteiger partial charge on any atom is -0.492 e. The van der Waals surface area contributed by atoms with Gasteiger partial charge in [-0.2, -0.15) is 0 Å². The van der Waals surface area contributed by atoms with Gasteiger partial charge in [-0.05, 0) is 25.1 Å². The molecule has 0 amide bonds. The van der Waals surface area contributed by atoms with Gasteiger partial charge in [-0.3, -0.25) is 0 Å². The van der Waals surface area contributed by atoms with Crippen molar-refractivity contribution in [3.05, 3.63) is 18.2 Å². The van der Waals surface area contributed by atoms with E-state index >= 15 is 0 Å². The summed E-state index contributed by atoms with van der Waals surface area (Å²) in [5.41, 5.74) is 6.86. The van der Waals surface area contributed by atoms with Crippen LogP contribution in [0.4, 0.5) is 11.4 Å². The molecule has 0 aliphatic rings. The lowest BCUT2D eigenvalue weighted by Crippen LogP contribution is -2.18. The van der Waals surface area contributed by atoms with Crippen LogP contribution in [0.5, 0.6) is 5.75 Å². The molecule has 0 radical (unpaired) electrons. The molecule has 5 nitrogen and oxygen atoms in total. The first-order valence-electron chi connectivity index (χ1n) is 4.75. The maximum Gasteiger partial charge on any atom is 0.169 e. The average Bonchev–Trinajstić information content (AvgIpc) is 2.18. The van der Waals surface area contributed by atoms with Gasteiger partial charge in [-0.1, -0.05) is 0 Å². The van der Waals surface area contributed by atoms with E-state index < -0.39 is 6.29 Å². The second kappa shape index (κ2) is 5.43. The molecule has 1 rings (SSSR count). The summed E-state index contributed by atoms with van der Waals surface area (Å²) in [6.45, 7) is 2.45. The van der Waals surface area contributed by atoms with Gasteiger partial charge < -0.3 is 26.0 Å². The van der Waals surface area contributed by atoms with Crippen molar-refractivity contribution in [2.45, 2.75) is 13.2 Å². The molecule has 0 unspecified atom stereocenters. The Bertz CT molecular complexity index is 316. The summed E-state index contributed by atoms with van der Waals surface area (Å²) in [4.78, 5) is 0. The number of ether oxygens (including phenoxy) is 1. The van der Waals surface area contributed by atoms with E-state index in [1.54, 1.807) is 18.2 Å². The average molecular weight is 212 g/mol. The summed E-state index contributed by atoms with van der Waals surface area (Å²) in [7, 11) is 0. The number of anilines is 2. The molecule has 84 valence electrons. The van der Waals surface area contributed by atoms with Crippen molar-refractivity contribution < 1.29 is 14.9 Å².